The zero-order valence-corrected chi connectivity index (χ0v) is 21.3. The predicted octanol–water partition coefficient (Wildman–Crippen LogP) is 6.46. The summed E-state index contributed by atoms with van der Waals surface area (Å²) in [6, 6.07) is 18.1. The average molecular weight is 508 g/mol. The highest BCUT2D eigenvalue weighted by atomic mass is 32.1. The molecule has 184 valence electrons. The molecule has 0 aliphatic heterocycles. The second-order valence-electron chi connectivity index (χ2n) is 8.68. The molecule has 0 spiro atoms. The van der Waals surface area contributed by atoms with Gasteiger partial charge in [-0.25, -0.2) is 9.97 Å². The monoisotopic (exact) mass is 507 g/mol. The minimum Gasteiger partial charge on any atom is -0.351 e. The molecule has 8 nitrogen and oxygen atoms in total. The van der Waals surface area contributed by atoms with Gasteiger partial charge in [-0.2, -0.15) is 5.10 Å². The molecule has 0 saturated heterocycles. The van der Waals surface area contributed by atoms with Crippen LogP contribution in [0.25, 0.3) is 43.6 Å². The van der Waals surface area contributed by atoms with Gasteiger partial charge in [-0.1, -0.05) is 24.3 Å². The predicted molar refractivity (Wildman–Crippen MR) is 149 cm³/mol. The number of hydrogen-bond donors (Lipinski definition) is 3. The maximum absolute atomic E-state index is 12.8. The van der Waals surface area contributed by atoms with Crippen LogP contribution in [0.15, 0.2) is 72.4 Å². The summed E-state index contributed by atoms with van der Waals surface area (Å²) in [7, 11) is 0. The number of anilines is 2. The second kappa shape index (κ2) is 9.51. The maximum atomic E-state index is 12.8. The first kappa shape index (κ1) is 22.9. The van der Waals surface area contributed by atoms with Crippen molar-refractivity contribution in [1.29, 1.82) is 0 Å². The lowest BCUT2D eigenvalue weighted by atomic mass is 10.1. The molecule has 3 N–H and O–H groups in total. The van der Waals surface area contributed by atoms with Crippen molar-refractivity contribution in [2.45, 2.75) is 13.8 Å². The van der Waals surface area contributed by atoms with Crippen molar-refractivity contribution in [1.82, 2.24) is 30.0 Å². The zero-order valence-electron chi connectivity index (χ0n) is 20.4. The van der Waals surface area contributed by atoms with Gasteiger partial charge in [0.2, 0.25) is 0 Å². The van der Waals surface area contributed by atoms with Crippen LogP contribution in [0.4, 0.5) is 11.5 Å². The standard InChI is InChI=1S/C28H25N7OS/c1-3-35(4-2)28(36)24-13-18-5-6-19(14-23(18)32-24)26-33-22-11-12-37-25(22)27(34-26)31-21-9-7-17(8-10-21)20-15-29-30-16-20/h5-16,32H,3-4H2,1-2H3,(H,29,30)(H,31,33,34). The third kappa shape index (κ3) is 4.34. The fraction of sp³-hybridized carbons (Fsp3) is 0.143. The van der Waals surface area contributed by atoms with E-state index in [0.717, 1.165) is 49.3 Å². The van der Waals surface area contributed by atoms with E-state index in [-0.39, 0.29) is 5.91 Å². The number of rotatable bonds is 7. The molecule has 0 bridgehead atoms. The van der Waals surface area contributed by atoms with Gasteiger partial charge in [-0.05, 0) is 55.1 Å². The van der Waals surface area contributed by atoms with E-state index in [0.29, 0.717) is 24.6 Å². The van der Waals surface area contributed by atoms with Gasteiger partial charge >= 0.3 is 0 Å². The summed E-state index contributed by atoms with van der Waals surface area (Å²) in [6.07, 6.45) is 3.68. The molecule has 0 saturated carbocycles. The van der Waals surface area contributed by atoms with Crippen LogP contribution in [-0.4, -0.2) is 49.0 Å². The van der Waals surface area contributed by atoms with Gasteiger partial charge in [0.05, 0.1) is 16.4 Å². The van der Waals surface area contributed by atoms with E-state index in [4.69, 9.17) is 9.97 Å². The smallest absolute Gasteiger partial charge is 0.270 e. The minimum absolute atomic E-state index is 0.00367. The number of hydrogen-bond acceptors (Lipinski definition) is 6. The van der Waals surface area contributed by atoms with E-state index in [1.165, 1.54) is 0 Å². The molecule has 1 amide bonds. The quantitative estimate of drug-likeness (QED) is 0.230. The Hall–Kier alpha value is -4.50. The highest BCUT2D eigenvalue weighted by Crippen LogP contribution is 2.32. The normalized spacial score (nSPS) is 11.3. The Balaban J connectivity index is 1.33. The molecule has 4 heterocycles. The van der Waals surface area contributed by atoms with Crippen molar-refractivity contribution >= 4 is 49.9 Å². The van der Waals surface area contributed by atoms with Crippen molar-refractivity contribution < 1.29 is 4.79 Å². The molecule has 0 aliphatic rings. The van der Waals surface area contributed by atoms with E-state index < -0.39 is 0 Å². The number of aromatic amines is 2. The second-order valence-corrected chi connectivity index (χ2v) is 9.60. The molecule has 0 unspecified atom stereocenters. The Morgan fingerprint density at radius 2 is 1.78 bits per heavy atom. The molecule has 9 heteroatoms. The number of H-pyrrole nitrogens is 2. The third-order valence-corrected chi connectivity index (χ3v) is 7.35. The van der Waals surface area contributed by atoms with E-state index in [1.807, 2.05) is 67.9 Å². The fourth-order valence-electron chi connectivity index (χ4n) is 4.43. The largest absolute Gasteiger partial charge is 0.351 e. The molecule has 6 rings (SSSR count). The molecule has 4 aromatic heterocycles. The lowest BCUT2D eigenvalue weighted by molar-refractivity contribution is 0.0768. The Bertz CT molecular complexity index is 1700. The van der Waals surface area contributed by atoms with Gasteiger partial charge in [0.25, 0.3) is 5.91 Å². The topological polar surface area (TPSA) is 103 Å². The van der Waals surface area contributed by atoms with Crippen LogP contribution in [-0.2, 0) is 0 Å². The number of thiophene rings is 1. The maximum Gasteiger partial charge on any atom is 0.270 e. The van der Waals surface area contributed by atoms with Crippen LogP contribution in [0.2, 0.25) is 0 Å². The fourth-order valence-corrected chi connectivity index (χ4v) is 5.21. The lowest BCUT2D eigenvalue weighted by Gasteiger charge is -2.17. The molecule has 37 heavy (non-hydrogen) atoms. The number of amides is 1. The summed E-state index contributed by atoms with van der Waals surface area (Å²) in [5, 5.41) is 13.3. The van der Waals surface area contributed by atoms with Crippen LogP contribution in [0.3, 0.4) is 0 Å². The molecule has 0 atom stereocenters. The van der Waals surface area contributed by atoms with Gasteiger partial charge in [-0.15, -0.1) is 11.3 Å². The number of nitrogens with zero attached hydrogens (tertiary/aromatic N) is 4. The molecule has 0 radical (unpaired) electrons. The molecular formula is C28H25N7OS. The van der Waals surface area contributed by atoms with Crippen LogP contribution in [0, 0.1) is 0 Å². The SMILES string of the molecule is CCN(CC)C(=O)c1cc2ccc(-c3nc(Nc4ccc(-c5cn[nH]c5)cc4)c4sccc4n3)cc2[nH]1. The number of fused-ring (bicyclic) bond motifs is 2. The van der Waals surface area contributed by atoms with E-state index in [1.54, 1.807) is 22.4 Å². The van der Waals surface area contributed by atoms with Crippen molar-refractivity contribution in [2.24, 2.45) is 0 Å². The van der Waals surface area contributed by atoms with Gasteiger partial charge in [-0.3, -0.25) is 9.89 Å². The first-order valence-electron chi connectivity index (χ1n) is 12.2. The van der Waals surface area contributed by atoms with Crippen molar-refractivity contribution in [3.8, 4) is 22.5 Å². The zero-order chi connectivity index (χ0) is 25.4. The first-order chi connectivity index (χ1) is 18.1. The molecular weight excluding hydrogens is 482 g/mol. The van der Waals surface area contributed by atoms with Gasteiger partial charge in [0.15, 0.2) is 11.6 Å². The number of nitrogens with one attached hydrogen (secondary N) is 3. The number of carbonyl (C=O) groups excluding carboxylic acids is 1. The van der Waals surface area contributed by atoms with Gasteiger partial charge in [0, 0.05) is 47.0 Å². The molecule has 0 aliphatic carbocycles. The van der Waals surface area contributed by atoms with Gasteiger partial charge in [0.1, 0.15) is 5.69 Å². The van der Waals surface area contributed by atoms with Crippen LogP contribution < -0.4 is 5.32 Å². The number of benzene rings is 2. The van der Waals surface area contributed by atoms with Gasteiger partial charge < -0.3 is 15.2 Å². The van der Waals surface area contributed by atoms with E-state index in [2.05, 4.69) is 32.6 Å². The summed E-state index contributed by atoms with van der Waals surface area (Å²) in [4.78, 5) is 27.6. The summed E-state index contributed by atoms with van der Waals surface area (Å²) in [5.41, 5.74) is 6.29. The molecule has 6 aromatic rings. The number of aromatic nitrogens is 5. The highest BCUT2D eigenvalue weighted by Gasteiger charge is 2.16. The summed E-state index contributed by atoms with van der Waals surface area (Å²) in [5.74, 6) is 1.38. The highest BCUT2D eigenvalue weighted by molar-refractivity contribution is 7.17. The summed E-state index contributed by atoms with van der Waals surface area (Å²) < 4.78 is 0.996. The first-order valence-corrected chi connectivity index (χ1v) is 13.0. The Morgan fingerprint density at radius 1 is 0.973 bits per heavy atom. The Labute approximate surface area is 217 Å². The van der Waals surface area contributed by atoms with Crippen LogP contribution in [0.1, 0.15) is 24.3 Å². The van der Waals surface area contributed by atoms with Crippen LogP contribution >= 0.6 is 11.3 Å². The van der Waals surface area contributed by atoms with E-state index in [9.17, 15) is 4.79 Å². The van der Waals surface area contributed by atoms with E-state index >= 15 is 0 Å². The van der Waals surface area contributed by atoms with Crippen molar-refractivity contribution in [3.05, 3.63) is 78.1 Å². The summed E-state index contributed by atoms with van der Waals surface area (Å²) >= 11 is 1.61. The molecule has 0 fully saturated rings. The van der Waals surface area contributed by atoms with Crippen molar-refractivity contribution in [3.63, 3.8) is 0 Å². The third-order valence-electron chi connectivity index (χ3n) is 6.44. The summed E-state index contributed by atoms with van der Waals surface area (Å²) in [6.45, 7) is 5.32. The average Bonchev–Trinajstić information content (AvgIpc) is 3.70. The minimum atomic E-state index is 0.00367. The van der Waals surface area contributed by atoms with Crippen molar-refractivity contribution in [2.75, 3.05) is 18.4 Å². The molecule has 2 aromatic carbocycles. The van der Waals surface area contributed by atoms with Crippen LogP contribution in [0.5, 0.6) is 0 Å². The lowest BCUT2D eigenvalue weighted by Crippen LogP contribution is -2.30. The Kier molecular flexibility index (Phi) is 5.90. The Morgan fingerprint density at radius 3 is 2.54 bits per heavy atom. The number of carbonyl (C=O) groups is 1.